The average Bonchev–Trinajstić information content (AvgIpc) is 2.80. The summed E-state index contributed by atoms with van der Waals surface area (Å²) in [5, 5.41) is 0. The number of benzene rings is 1. The van der Waals surface area contributed by atoms with Crippen LogP contribution >= 0.6 is 0 Å². The van der Waals surface area contributed by atoms with Crippen LogP contribution in [0.5, 0.6) is 0 Å². The number of hydrogen-bond donors (Lipinski definition) is 1. The number of sulfone groups is 1. The molecule has 2 rings (SSSR count). The van der Waals surface area contributed by atoms with Gasteiger partial charge in [0.05, 0.1) is 17.4 Å². The van der Waals surface area contributed by atoms with Gasteiger partial charge in [0.1, 0.15) is 0 Å². The molecule has 6 heteroatoms. The smallest absolute Gasteiger partial charge is 0.231 e. The van der Waals surface area contributed by atoms with Gasteiger partial charge in [0, 0.05) is 18.8 Å². The molecule has 1 aromatic carbocycles. The molecule has 0 bridgehead atoms. The van der Waals surface area contributed by atoms with Gasteiger partial charge in [-0.15, -0.1) is 0 Å². The molecule has 1 aliphatic heterocycles. The van der Waals surface area contributed by atoms with Gasteiger partial charge in [-0.3, -0.25) is 4.79 Å². The molecule has 0 saturated carbocycles. The Balaban J connectivity index is 2.17. The Morgan fingerprint density at radius 1 is 1.35 bits per heavy atom. The van der Waals surface area contributed by atoms with Crippen molar-refractivity contribution in [3.8, 4) is 0 Å². The number of amides is 1. The zero-order chi connectivity index (χ0) is 14.8. The fourth-order valence-electron chi connectivity index (χ4n) is 2.49. The van der Waals surface area contributed by atoms with Crippen LogP contribution < -0.4 is 10.6 Å². The Kier molecular flexibility index (Phi) is 4.45. The maximum absolute atomic E-state index is 12.5. The first-order valence-corrected chi connectivity index (χ1v) is 8.60. The van der Waals surface area contributed by atoms with Gasteiger partial charge in [-0.05, 0) is 31.0 Å². The van der Waals surface area contributed by atoms with E-state index in [4.69, 9.17) is 5.73 Å². The van der Waals surface area contributed by atoms with Crippen LogP contribution in [-0.2, 0) is 21.2 Å². The molecule has 110 valence electrons. The molecule has 1 atom stereocenters. The Bertz CT molecular complexity index is 581. The van der Waals surface area contributed by atoms with Crippen molar-refractivity contribution in [1.29, 1.82) is 0 Å². The number of carbonyl (C=O) groups is 1. The first kappa shape index (κ1) is 15.0. The maximum atomic E-state index is 12.5. The van der Waals surface area contributed by atoms with Gasteiger partial charge < -0.3 is 10.6 Å². The Hall–Kier alpha value is -1.40. The van der Waals surface area contributed by atoms with Crippen molar-refractivity contribution in [3.05, 3.63) is 29.8 Å². The van der Waals surface area contributed by atoms with E-state index in [1.54, 1.807) is 4.90 Å². The average molecular weight is 296 g/mol. The third-order valence-corrected chi connectivity index (χ3v) is 5.42. The summed E-state index contributed by atoms with van der Waals surface area (Å²) in [4.78, 5) is 14.1. The molecular weight excluding hydrogens is 276 g/mol. The van der Waals surface area contributed by atoms with Crippen molar-refractivity contribution in [1.82, 2.24) is 0 Å². The summed E-state index contributed by atoms with van der Waals surface area (Å²) in [5.74, 6) is -0.417. The van der Waals surface area contributed by atoms with Crippen molar-refractivity contribution in [2.75, 3.05) is 23.0 Å². The molecule has 1 heterocycles. The number of nitrogens with zero attached hydrogens (tertiary/aromatic N) is 1. The first-order chi connectivity index (χ1) is 9.46. The molecule has 0 spiro atoms. The zero-order valence-electron chi connectivity index (χ0n) is 11.6. The number of carbonyl (C=O) groups excluding carboxylic acids is 1. The van der Waals surface area contributed by atoms with Crippen LogP contribution in [0.25, 0.3) is 0 Å². The van der Waals surface area contributed by atoms with Gasteiger partial charge >= 0.3 is 0 Å². The minimum absolute atomic E-state index is 0.0246. The zero-order valence-corrected chi connectivity index (χ0v) is 12.4. The monoisotopic (exact) mass is 296 g/mol. The molecule has 1 aliphatic rings. The van der Waals surface area contributed by atoms with Gasteiger partial charge in [0.15, 0.2) is 9.84 Å². The lowest BCUT2D eigenvalue weighted by atomic mass is 10.1. The highest BCUT2D eigenvalue weighted by Gasteiger charge is 2.35. The summed E-state index contributed by atoms with van der Waals surface area (Å²) in [7, 11) is -3.04. The van der Waals surface area contributed by atoms with Gasteiger partial charge in [-0.2, -0.15) is 0 Å². The van der Waals surface area contributed by atoms with Gasteiger partial charge in [0.2, 0.25) is 5.91 Å². The topological polar surface area (TPSA) is 80.5 Å². The highest BCUT2D eigenvalue weighted by Crippen LogP contribution is 2.24. The van der Waals surface area contributed by atoms with Crippen LogP contribution in [0, 0.1) is 5.92 Å². The summed E-state index contributed by atoms with van der Waals surface area (Å²) in [6, 6.07) is 7.48. The van der Waals surface area contributed by atoms with Crippen LogP contribution in [0.1, 0.15) is 18.9 Å². The number of anilines is 1. The molecule has 5 nitrogen and oxygen atoms in total. The lowest BCUT2D eigenvalue weighted by molar-refractivity contribution is -0.121. The Labute approximate surface area is 119 Å². The highest BCUT2D eigenvalue weighted by atomic mass is 32.2. The molecule has 2 N–H and O–H groups in total. The van der Waals surface area contributed by atoms with Gasteiger partial charge in [-0.25, -0.2) is 8.42 Å². The Morgan fingerprint density at radius 2 is 2.00 bits per heavy atom. The molecule has 0 radical (unpaired) electrons. The molecule has 1 amide bonds. The lowest BCUT2D eigenvalue weighted by Crippen LogP contribution is -2.36. The summed E-state index contributed by atoms with van der Waals surface area (Å²) in [6.45, 7) is 2.87. The van der Waals surface area contributed by atoms with Crippen molar-refractivity contribution >= 4 is 21.4 Å². The van der Waals surface area contributed by atoms with E-state index in [9.17, 15) is 13.2 Å². The number of rotatable bonds is 4. The van der Waals surface area contributed by atoms with E-state index in [1.165, 1.54) is 0 Å². The first-order valence-electron chi connectivity index (χ1n) is 6.77. The summed E-state index contributed by atoms with van der Waals surface area (Å²) in [6.07, 6.45) is 0.429. The largest absolute Gasteiger partial charge is 0.326 e. The van der Waals surface area contributed by atoms with Crippen LogP contribution in [0.4, 0.5) is 5.69 Å². The molecule has 1 saturated heterocycles. The van der Waals surface area contributed by atoms with Gasteiger partial charge in [0.25, 0.3) is 0 Å². The van der Waals surface area contributed by atoms with E-state index >= 15 is 0 Å². The minimum atomic E-state index is -3.04. The minimum Gasteiger partial charge on any atom is -0.326 e. The van der Waals surface area contributed by atoms with E-state index in [-0.39, 0.29) is 17.4 Å². The second-order valence-electron chi connectivity index (χ2n) is 5.05. The molecule has 0 aromatic heterocycles. The summed E-state index contributed by atoms with van der Waals surface area (Å²) >= 11 is 0. The molecule has 1 aromatic rings. The van der Waals surface area contributed by atoms with Crippen LogP contribution in [0.2, 0.25) is 0 Å². The maximum Gasteiger partial charge on any atom is 0.231 e. The van der Waals surface area contributed by atoms with Crippen LogP contribution in [0.15, 0.2) is 24.3 Å². The van der Waals surface area contributed by atoms with E-state index in [0.717, 1.165) is 11.3 Å². The predicted octanol–water partition coefficient (Wildman–Crippen LogP) is 0.933. The van der Waals surface area contributed by atoms with E-state index < -0.39 is 15.8 Å². The quantitative estimate of drug-likeness (QED) is 0.896. The molecule has 0 aliphatic carbocycles. The van der Waals surface area contributed by atoms with Gasteiger partial charge in [-0.1, -0.05) is 12.1 Å². The third kappa shape index (κ3) is 3.19. The highest BCUT2D eigenvalue weighted by molar-refractivity contribution is 7.91. The molecular formula is C14H20N2O3S. The second-order valence-corrected chi connectivity index (χ2v) is 7.28. The fourth-order valence-corrected chi connectivity index (χ4v) is 4.22. The SMILES string of the molecule is CCN(C(=O)C1CCS(=O)(=O)C1)c1ccc(CN)cc1. The van der Waals surface area contributed by atoms with E-state index in [1.807, 2.05) is 31.2 Å². The van der Waals surface area contributed by atoms with Crippen molar-refractivity contribution in [2.45, 2.75) is 19.9 Å². The number of nitrogens with two attached hydrogens (primary N) is 1. The third-order valence-electron chi connectivity index (χ3n) is 3.65. The molecule has 20 heavy (non-hydrogen) atoms. The summed E-state index contributed by atoms with van der Waals surface area (Å²) in [5.41, 5.74) is 7.34. The van der Waals surface area contributed by atoms with Crippen LogP contribution in [-0.4, -0.2) is 32.4 Å². The predicted molar refractivity (Wildman–Crippen MR) is 79.1 cm³/mol. The summed E-state index contributed by atoms with van der Waals surface area (Å²) < 4.78 is 23.0. The van der Waals surface area contributed by atoms with E-state index in [2.05, 4.69) is 0 Å². The lowest BCUT2D eigenvalue weighted by Gasteiger charge is -2.24. The van der Waals surface area contributed by atoms with Crippen molar-refractivity contribution < 1.29 is 13.2 Å². The normalized spacial score (nSPS) is 20.8. The standard InChI is InChI=1S/C14H20N2O3S/c1-2-16(13-5-3-11(9-15)4-6-13)14(17)12-7-8-20(18,19)10-12/h3-6,12H,2,7-10,15H2,1H3. The number of hydrogen-bond acceptors (Lipinski definition) is 4. The van der Waals surface area contributed by atoms with Crippen LogP contribution in [0.3, 0.4) is 0 Å². The van der Waals surface area contributed by atoms with Crippen molar-refractivity contribution in [2.24, 2.45) is 11.7 Å². The fraction of sp³-hybridized carbons (Fsp3) is 0.500. The molecule has 1 fully saturated rings. The second kappa shape index (κ2) is 5.93. The molecule has 1 unspecified atom stereocenters. The Morgan fingerprint density at radius 3 is 2.45 bits per heavy atom. The van der Waals surface area contributed by atoms with Crippen molar-refractivity contribution in [3.63, 3.8) is 0 Å². The van der Waals surface area contributed by atoms with E-state index in [0.29, 0.717) is 19.5 Å².